The van der Waals surface area contributed by atoms with Crippen LogP contribution in [-0.2, 0) is 16.2 Å². The van der Waals surface area contributed by atoms with Crippen molar-refractivity contribution < 1.29 is 0 Å². The molecule has 13 rings (SSSR count). The maximum atomic E-state index is 2.56. The first-order valence-corrected chi connectivity index (χ1v) is 23.0. The molecule has 3 atom stereocenters. The smallest absolute Gasteiger partial charge is 0.0540 e. The summed E-state index contributed by atoms with van der Waals surface area (Å²) < 4.78 is 0. The minimum absolute atomic E-state index is 0.0248. The zero-order valence-electron chi connectivity index (χ0n) is 36.2. The van der Waals surface area contributed by atoms with Crippen LogP contribution < -0.4 is 4.90 Å². The van der Waals surface area contributed by atoms with E-state index in [4.69, 9.17) is 0 Å². The Morgan fingerprint density at radius 2 is 0.952 bits per heavy atom. The van der Waals surface area contributed by atoms with Crippen LogP contribution in [0.2, 0.25) is 0 Å². The van der Waals surface area contributed by atoms with Gasteiger partial charge in [0.25, 0.3) is 0 Å². The normalized spacial score (nSPS) is 21.0. The molecule has 0 heterocycles. The van der Waals surface area contributed by atoms with Gasteiger partial charge in [0.2, 0.25) is 0 Å². The molecule has 1 heteroatoms. The second-order valence-corrected chi connectivity index (χ2v) is 20.1. The summed E-state index contributed by atoms with van der Waals surface area (Å²) in [4.78, 5) is 2.56. The van der Waals surface area contributed by atoms with Gasteiger partial charge in [0, 0.05) is 33.2 Å². The monoisotopic (exact) mass is 797 g/mol. The van der Waals surface area contributed by atoms with Gasteiger partial charge in [0.05, 0.1) is 5.69 Å². The highest BCUT2D eigenvalue weighted by Crippen LogP contribution is 2.66. The van der Waals surface area contributed by atoms with Crippen LogP contribution in [0.15, 0.2) is 176 Å². The van der Waals surface area contributed by atoms with Gasteiger partial charge in [-0.1, -0.05) is 174 Å². The summed E-state index contributed by atoms with van der Waals surface area (Å²) in [5, 5.41) is 0. The Hall–Kier alpha value is -6.44. The van der Waals surface area contributed by atoms with E-state index in [1.54, 1.807) is 11.1 Å². The van der Waals surface area contributed by atoms with E-state index in [1.165, 1.54) is 115 Å². The van der Waals surface area contributed by atoms with Crippen LogP contribution >= 0.6 is 0 Å². The highest BCUT2D eigenvalue weighted by molar-refractivity contribution is 5.99. The van der Waals surface area contributed by atoms with E-state index in [1.807, 2.05) is 0 Å². The van der Waals surface area contributed by atoms with Crippen molar-refractivity contribution in [3.05, 3.63) is 209 Å². The second kappa shape index (κ2) is 12.8. The third kappa shape index (κ3) is 4.80. The molecule has 5 aliphatic carbocycles. The van der Waals surface area contributed by atoms with E-state index in [9.17, 15) is 0 Å². The van der Waals surface area contributed by atoms with Crippen LogP contribution in [-0.4, -0.2) is 0 Å². The SMILES string of the molecule is CC1(C)c2ccccc2-c2cc(-c3cccc(N(c4ccc5c(c4)-c4ccccc4C54CC5CCC4C5)c4ccccc4-c4cccc5c4-c4ccccc4C5(C)C)c3)ccc21. The molecule has 62 heavy (non-hydrogen) atoms. The van der Waals surface area contributed by atoms with E-state index >= 15 is 0 Å². The number of benzene rings is 8. The molecule has 2 saturated carbocycles. The van der Waals surface area contributed by atoms with E-state index in [0.717, 1.165) is 17.5 Å². The second-order valence-electron chi connectivity index (χ2n) is 20.1. The standard InChI is InChI=1S/C61H51N/c1-59(2)51-22-9-5-17-44(51)49-35-40(28-31-53(49)59)39-15-13-16-42(34-39)62(43-30-32-55-50(36-43)45-18-6-11-24-54(45)61(55)37-38-27-29-41(61)33-38)57-26-12-8-19-46(57)47-21-14-25-56-58(47)48-20-7-10-23-52(48)60(56,3)4/h5-26,28,30-32,34-36,38,41H,27,29,33,37H2,1-4H3. The summed E-state index contributed by atoms with van der Waals surface area (Å²) in [6, 6.07) is 67.5. The lowest BCUT2D eigenvalue weighted by Gasteiger charge is -2.36. The maximum Gasteiger partial charge on any atom is 0.0540 e. The summed E-state index contributed by atoms with van der Waals surface area (Å²) in [5.41, 5.74) is 25.5. The minimum atomic E-state index is -0.0838. The zero-order chi connectivity index (χ0) is 41.5. The quantitative estimate of drug-likeness (QED) is 0.168. The molecule has 5 aliphatic rings. The van der Waals surface area contributed by atoms with Crippen molar-refractivity contribution in [3.8, 4) is 55.6 Å². The van der Waals surface area contributed by atoms with Crippen LogP contribution in [0.25, 0.3) is 55.6 Å². The molecule has 1 nitrogen and oxygen atoms in total. The van der Waals surface area contributed by atoms with Crippen molar-refractivity contribution in [2.75, 3.05) is 4.90 Å². The third-order valence-corrected chi connectivity index (χ3v) is 16.4. The van der Waals surface area contributed by atoms with Crippen molar-refractivity contribution in [1.82, 2.24) is 0 Å². The van der Waals surface area contributed by atoms with Crippen LogP contribution in [0.5, 0.6) is 0 Å². The fraction of sp³-hybridized carbons (Fsp3) is 0.213. The lowest BCUT2D eigenvalue weighted by molar-refractivity contribution is 0.327. The summed E-state index contributed by atoms with van der Waals surface area (Å²) in [7, 11) is 0. The van der Waals surface area contributed by atoms with Crippen molar-refractivity contribution in [1.29, 1.82) is 0 Å². The van der Waals surface area contributed by atoms with Crippen LogP contribution in [0.4, 0.5) is 17.1 Å². The van der Waals surface area contributed by atoms with Gasteiger partial charge in [-0.15, -0.1) is 0 Å². The van der Waals surface area contributed by atoms with E-state index < -0.39 is 0 Å². The molecule has 0 amide bonds. The van der Waals surface area contributed by atoms with E-state index in [0.29, 0.717) is 0 Å². The largest absolute Gasteiger partial charge is 0.310 e. The fourth-order valence-corrected chi connectivity index (χ4v) is 13.6. The van der Waals surface area contributed by atoms with Gasteiger partial charge in [0.15, 0.2) is 0 Å². The number of rotatable bonds is 5. The molecule has 1 spiro atoms. The van der Waals surface area contributed by atoms with Crippen LogP contribution in [0.1, 0.15) is 86.8 Å². The molecule has 0 radical (unpaired) electrons. The molecule has 0 saturated heterocycles. The van der Waals surface area contributed by atoms with Gasteiger partial charge in [-0.05, 0) is 151 Å². The average Bonchev–Trinajstić information content (AvgIpc) is 4.10. The molecule has 0 aromatic heterocycles. The highest BCUT2D eigenvalue weighted by atomic mass is 15.1. The predicted octanol–water partition coefficient (Wildman–Crippen LogP) is 16.2. The molecule has 300 valence electrons. The number of fused-ring (bicyclic) bond motifs is 14. The Kier molecular flexibility index (Phi) is 7.48. The topological polar surface area (TPSA) is 3.24 Å². The lowest BCUT2D eigenvalue weighted by Crippen LogP contribution is -2.31. The molecule has 0 aliphatic heterocycles. The molecule has 3 unspecified atom stereocenters. The minimum Gasteiger partial charge on any atom is -0.310 e. The van der Waals surface area contributed by atoms with Crippen molar-refractivity contribution in [3.63, 3.8) is 0 Å². The van der Waals surface area contributed by atoms with Gasteiger partial charge < -0.3 is 4.90 Å². The average molecular weight is 798 g/mol. The van der Waals surface area contributed by atoms with E-state index in [2.05, 4.69) is 209 Å². The van der Waals surface area contributed by atoms with Crippen LogP contribution in [0, 0.1) is 11.8 Å². The number of anilines is 3. The van der Waals surface area contributed by atoms with Gasteiger partial charge in [-0.25, -0.2) is 0 Å². The third-order valence-electron chi connectivity index (χ3n) is 16.4. The Bertz CT molecular complexity index is 3180. The maximum absolute atomic E-state index is 2.56. The molecule has 0 N–H and O–H groups in total. The summed E-state index contributed by atoms with van der Waals surface area (Å²) in [5.74, 6) is 1.57. The summed E-state index contributed by atoms with van der Waals surface area (Å²) in [6.07, 6.45) is 5.39. The molecule has 2 fully saturated rings. The lowest BCUT2D eigenvalue weighted by atomic mass is 9.67. The Morgan fingerprint density at radius 3 is 1.73 bits per heavy atom. The first-order chi connectivity index (χ1) is 30.2. The first kappa shape index (κ1) is 36.2. The van der Waals surface area contributed by atoms with Gasteiger partial charge in [-0.3, -0.25) is 0 Å². The van der Waals surface area contributed by atoms with E-state index in [-0.39, 0.29) is 16.2 Å². The Balaban J connectivity index is 1.02. The Morgan fingerprint density at radius 1 is 0.403 bits per heavy atom. The highest BCUT2D eigenvalue weighted by Gasteiger charge is 2.56. The number of nitrogens with zero attached hydrogens (tertiary/aromatic N) is 1. The number of para-hydroxylation sites is 1. The van der Waals surface area contributed by atoms with Gasteiger partial charge >= 0.3 is 0 Å². The summed E-state index contributed by atoms with van der Waals surface area (Å²) in [6.45, 7) is 9.50. The zero-order valence-corrected chi connectivity index (χ0v) is 36.2. The number of hydrogen-bond donors (Lipinski definition) is 0. The van der Waals surface area contributed by atoms with Crippen molar-refractivity contribution in [2.24, 2.45) is 11.8 Å². The molecule has 2 bridgehead atoms. The molecule has 8 aromatic rings. The van der Waals surface area contributed by atoms with Gasteiger partial charge in [-0.2, -0.15) is 0 Å². The summed E-state index contributed by atoms with van der Waals surface area (Å²) >= 11 is 0. The fourth-order valence-electron chi connectivity index (χ4n) is 13.6. The van der Waals surface area contributed by atoms with Crippen molar-refractivity contribution >= 4 is 17.1 Å². The molecule has 8 aromatic carbocycles. The number of hydrogen-bond acceptors (Lipinski definition) is 1. The van der Waals surface area contributed by atoms with Crippen molar-refractivity contribution in [2.45, 2.75) is 69.6 Å². The predicted molar refractivity (Wildman–Crippen MR) is 259 cm³/mol. The Labute approximate surface area is 366 Å². The molecular weight excluding hydrogens is 747 g/mol. The molecular formula is C61H51N. The van der Waals surface area contributed by atoms with Gasteiger partial charge in [0.1, 0.15) is 0 Å². The van der Waals surface area contributed by atoms with Crippen LogP contribution in [0.3, 0.4) is 0 Å². The first-order valence-electron chi connectivity index (χ1n) is 23.0.